The molecule has 1 aromatic rings. The first-order valence-corrected chi connectivity index (χ1v) is 7.46. The Balaban J connectivity index is 1.62. The fourth-order valence-corrected chi connectivity index (χ4v) is 2.79. The molecule has 20 heavy (non-hydrogen) atoms. The average Bonchev–Trinajstić information content (AvgIpc) is 3.19. The van der Waals surface area contributed by atoms with Crippen LogP contribution in [0.25, 0.3) is 0 Å². The van der Waals surface area contributed by atoms with Gasteiger partial charge >= 0.3 is 0 Å². The van der Waals surface area contributed by atoms with E-state index in [2.05, 4.69) is 28.8 Å². The van der Waals surface area contributed by atoms with Crippen LogP contribution in [0.3, 0.4) is 0 Å². The van der Waals surface area contributed by atoms with Crippen LogP contribution in [0.15, 0.2) is 18.2 Å². The number of ether oxygens (including phenoxy) is 1. The molecule has 4 heteroatoms. The number of rotatable bonds is 5. The SMILES string of the molecule is COc1cc(C2CC2)ccc1CNC(=O)C1CCCN1. The maximum Gasteiger partial charge on any atom is 0.237 e. The van der Waals surface area contributed by atoms with Crippen LogP contribution in [-0.2, 0) is 11.3 Å². The van der Waals surface area contributed by atoms with Crippen molar-refractivity contribution in [3.8, 4) is 5.75 Å². The number of benzene rings is 1. The van der Waals surface area contributed by atoms with Gasteiger partial charge in [-0.3, -0.25) is 4.79 Å². The van der Waals surface area contributed by atoms with Crippen molar-refractivity contribution in [2.45, 2.75) is 44.2 Å². The maximum absolute atomic E-state index is 12.0. The summed E-state index contributed by atoms with van der Waals surface area (Å²) in [6.45, 7) is 1.47. The summed E-state index contributed by atoms with van der Waals surface area (Å²) in [5, 5.41) is 6.21. The molecule has 1 heterocycles. The minimum atomic E-state index is -0.0215. The first kappa shape index (κ1) is 13.4. The molecular weight excluding hydrogens is 252 g/mol. The topological polar surface area (TPSA) is 50.4 Å². The highest BCUT2D eigenvalue weighted by Gasteiger charge is 2.25. The third kappa shape index (κ3) is 2.96. The van der Waals surface area contributed by atoms with Crippen LogP contribution in [0.2, 0.25) is 0 Å². The summed E-state index contributed by atoms with van der Waals surface area (Å²) in [7, 11) is 1.69. The van der Waals surface area contributed by atoms with Gasteiger partial charge in [-0.25, -0.2) is 0 Å². The molecule has 0 spiro atoms. The summed E-state index contributed by atoms with van der Waals surface area (Å²) in [6.07, 6.45) is 4.58. The summed E-state index contributed by atoms with van der Waals surface area (Å²) < 4.78 is 5.45. The van der Waals surface area contributed by atoms with Crippen LogP contribution in [0.4, 0.5) is 0 Å². The van der Waals surface area contributed by atoms with E-state index in [1.165, 1.54) is 18.4 Å². The van der Waals surface area contributed by atoms with Crippen LogP contribution < -0.4 is 15.4 Å². The number of carbonyl (C=O) groups excluding carboxylic acids is 1. The van der Waals surface area contributed by atoms with Crippen molar-refractivity contribution >= 4 is 5.91 Å². The number of hydrogen-bond acceptors (Lipinski definition) is 3. The van der Waals surface area contributed by atoms with Crippen molar-refractivity contribution in [3.05, 3.63) is 29.3 Å². The zero-order valence-electron chi connectivity index (χ0n) is 11.9. The Morgan fingerprint density at radius 1 is 1.40 bits per heavy atom. The summed E-state index contributed by atoms with van der Waals surface area (Å²) in [5.74, 6) is 1.69. The lowest BCUT2D eigenvalue weighted by Crippen LogP contribution is -2.40. The smallest absolute Gasteiger partial charge is 0.237 e. The van der Waals surface area contributed by atoms with E-state index in [0.717, 1.165) is 36.6 Å². The Morgan fingerprint density at radius 2 is 2.25 bits per heavy atom. The van der Waals surface area contributed by atoms with Crippen LogP contribution in [0.1, 0.15) is 42.7 Å². The van der Waals surface area contributed by atoms with Crippen molar-refractivity contribution in [2.75, 3.05) is 13.7 Å². The largest absolute Gasteiger partial charge is 0.496 e. The molecule has 0 bridgehead atoms. The highest BCUT2D eigenvalue weighted by Crippen LogP contribution is 2.41. The highest BCUT2D eigenvalue weighted by atomic mass is 16.5. The minimum absolute atomic E-state index is 0.0215. The van der Waals surface area contributed by atoms with E-state index >= 15 is 0 Å². The summed E-state index contributed by atoms with van der Waals surface area (Å²) in [5.41, 5.74) is 2.40. The van der Waals surface area contributed by atoms with Crippen molar-refractivity contribution < 1.29 is 9.53 Å². The average molecular weight is 274 g/mol. The van der Waals surface area contributed by atoms with Crippen molar-refractivity contribution in [3.63, 3.8) is 0 Å². The summed E-state index contributed by atoms with van der Waals surface area (Å²) >= 11 is 0. The molecule has 1 unspecified atom stereocenters. The molecule has 1 aliphatic carbocycles. The molecule has 1 amide bonds. The Kier molecular flexibility index (Phi) is 3.92. The van der Waals surface area contributed by atoms with Gasteiger partial charge in [-0.2, -0.15) is 0 Å². The van der Waals surface area contributed by atoms with Gasteiger partial charge in [-0.1, -0.05) is 12.1 Å². The third-order valence-electron chi connectivity index (χ3n) is 4.19. The van der Waals surface area contributed by atoms with Gasteiger partial charge < -0.3 is 15.4 Å². The molecule has 2 fully saturated rings. The molecule has 1 atom stereocenters. The Bertz CT molecular complexity index is 491. The van der Waals surface area contributed by atoms with Crippen LogP contribution in [0, 0.1) is 0 Å². The first-order chi connectivity index (χ1) is 9.78. The van der Waals surface area contributed by atoms with Gasteiger partial charge in [-0.05, 0) is 49.8 Å². The lowest BCUT2D eigenvalue weighted by atomic mass is 10.1. The highest BCUT2D eigenvalue weighted by molar-refractivity contribution is 5.82. The molecule has 108 valence electrons. The molecule has 4 nitrogen and oxygen atoms in total. The van der Waals surface area contributed by atoms with Crippen LogP contribution in [0.5, 0.6) is 5.75 Å². The molecule has 0 radical (unpaired) electrons. The van der Waals surface area contributed by atoms with Gasteiger partial charge in [0, 0.05) is 12.1 Å². The maximum atomic E-state index is 12.0. The number of hydrogen-bond donors (Lipinski definition) is 2. The van der Waals surface area contributed by atoms with Crippen molar-refractivity contribution in [2.24, 2.45) is 0 Å². The standard InChI is InChI=1S/C16H22N2O2/c1-20-15-9-12(11-4-5-11)6-7-13(15)10-18-16(19)14-3-2-8-17-14/h6-7,9,11,14,17H,2-5,8,10H2,1H3,(H,18,19). The Hall–Kier alpha value is -1.55. The zero-order valence-corrected chi connectivity index (χ0v) is 11.9. The van der Waals surface area contributed by atoms with Crippen LogP contribution >= 0.6 is 0 Å². The molecule has 3 rings (SSSR count). The quantitative estimate of drug-likeness (QED) is 0.862. The number of nitrogens with one attached hydrogen (secondary N) is 2. The van der Waals surface area contributed by atoms with Crippen molar-refractivity contribution in [1.82, 2.24) is 10.6 Å². The lowest BCUT2D eigenvalue weighted by Gasteiger charge is -2.14. The van der Waals surface area contributed by atoms with E-state index in [-0.39, 0.29) is 11.9 Å². The third-order valence-corrected chi connectivity index (χ3v) is 4.19. The van der Waals surface area contributed by atoms with Crippen LogP contribution in [-0.4, -0.2) is 25.6 Å². The predicted octanol–water partition coefficient (Wildman–Crippen LogP) is 1.94. The van der Waals surface area contributed by atoms with Gasteiger partial charge in [0.05, 0.1) is 13.2 Å². The van der Waals surface area contributed by atoms with E-state index in [9.17, 15) is 4.79 Å². The second kappa shape index (κ2) is 5.83. The van der Waals surface area contributed by atoms with E-state index in [1.54, 1.807) is 7.11 Å². The molecule has 1 saturated carbocycles. The monoisotopic (exact) mass is 274 g/mol. The summed E-state index contributed by atoms with van der Waals surface area (Å²) in [4.78, 5) is 12.0. The van der Waals surface area contributed by atoms with Gasteiger partial charge in [0.25, 0.3) is 0 Å². The molecule has 2 aliphatic rings. The van der Waals surface area contributed by atoms with E-state index in [0.29, 0.717) is 6.54 Å². The summed E-state index contributed by atoms with van der Waals surface area (Å²) in [6, 6.07) is 6.34. The van der Waals surface area contributed by atoms with Gasteiger partial charge in [-0.15, -0.1) is 0 Å². The molecule has 1 aliphatic heterocycles. The van der Waals surface area contributed by atoms with E-state index in [4.69, 9.17) is 4.74 Å². The number of carbonyl (C=O) groups is 1. The lowest BCUT2D eigenvalue weighted by molar-refractivity contribution is -0.122. The van der Waals surface area contributed by atoms with E-state index in [1.807, 2.05) is 0 Å². The Morgan fingerprint density at radius 3 is 2.90 bits per heavy atom. The molecule has 1 aromatic carbocycles. The molecule has 2 N–H and O–H groups in total. The molecule has 1 saturated heterocycles. The predicted molar refractivity (Wildman–Crippen MR) is 77.8 cm³/mol. The second-order valence-corrected chi connectivity index (χ2v) is 5.71. The van der Waals surface area contributed by atoms with Gasteiger partial charge in [0.1, 0.15) is 5.75 Å². The fraction of sp³-hybridized carbons (Fsp3) is 0.562. The second-order valence-electron chi connectivity index (χ2n) is 5.71. The Labute approximate surface area is 119 Å². The van der Waals surface area contributed by atoms with Gasteiger partial charge in [0.2, 0.25) is 5.91 Å². The first-order valence-electron chi connectivity index (χ1n) is 7.46. The molecular formula is C16H22N2O2. The number of methoxy groups -OCH3 is 1. The molecule has 0 aromatic heterocycles. The zero-order chi connectivity index (χ0) is 13.9. The number of amides is 1. The van der Waals surface area contributed by atoms with E-state index < -0.39 is 0 Å². The minimum Gasteiger partial charge on any atom is -0.496 e. The van der Waals surface area contributed by atoms with Crippen molar-refractivity contribution in [1.29, 1.82) is 0 Å². The van der Waals surface area contributed by atoms with Gasteiger partial charge in [0.15, 0.2) is 0 Å². The normalized spacial score (nSPS) is 21.8. The fourth-order valence-electron chi connectivity index (χ4n) is 2.79.